The van der Waals surface area contributed by atoms with E-state index < -0.39 is 11.7 Å². The zero-order valence-corrected chi connectivity index (χ0v) is 22.5. The predicted octanol–water partition coefficient (Wildman–Crippen LogP) is 5.20. The van der Waals surface area contributed by atoms with Crippen molar-refractivity contribution < 1.29 is 19.1 Å². The third kappa shape index (κ3) is 7.80. The Labute approximate surface area is 229 Å². The third-order valence-electron chi connectivity index (χ3n) is 6.57. The lowest BCUT2D eigenvalue weighted by atomic mass is 9.93. The van der Waals surface area contributed by atoms with Crippen molar-refractivity contribution in [1.29, 1.82) is 0 Å². The van der Waals surface area contributed by atoms with Crippen molar-refractivity contribution in [1.82, 2.24) is 10.3 Å². The van der Waals surface area contributed by atoms with Gasteiger partial charge >= 0.3 is 0 Å². The lowest BCUT2D eigenvalue weighted by molar-refractivity contribution is 0.0956. The maximum absolute atomic E-state index is 13.3. The molecule has 1 fully saturated rings. The Bertz CT molecular complexity index is 1290. The highest BCUT2D eigenvalue weighted by atomic mass is 79.9. The van der Waals surface area contributed by atoms with Crippen LogP contribution in [0.2, 0.25) is 0 Å². The van der Waals surface area contributed by atoms with E-state index in [9.17, 15) is 14.0 Å². The molecule has 1 heterocycles. The minimum Gasteiger partial charge on any atom is -0.396 e. The van der Waals surface area contributed by atoms with Crippen LogP contribution in [0.3, 0.4) is 0 Å². The molecule has 3 N–H and O–H groups in total. The van der Waals surface area contributed by atoms with Gasteiger partial charge in [0.05, 0.1) is 17.5 Å². The van der Waals surface area contributed by atoms with Gasteiger partial charge in [0.1, 0.15) is 5.82 Å². The number of piperidine rings is 1. The molecule has 0 atom stereocenters. The van der Waals surface area contributed by atoms with Crippen LogP contribution in [0.15, 0.2) is 76.3 Å². The fourth-order valence-corrected chi connectivity index (χ4v) is 4.82. The van der Waals surface area contributed by atoms with Crippen LogP contribution in [-0.2, 0) is 6.54 Å². The van der Waals surface area contributed by atoms with Gasteiger partial charge < -0.3 is 10.4 Å². The van der Waals surface area contributed by atoms with Crippen LogP contribution in [0.5, 0.6) is 0 Å². The lowest BCUT2D eigenvalue weighted by Crippen LogP contribution is -2.33. The molecule has 2 amide bonds. The number of carbonyl (C=O) groups excluding carboxylic acids is 2. The molecule has 38 heavy (non-hydrogen) atoms. The Balaban J connectivity index is 1.36. The number of aliphatic hydroxyl groups is 1. The van der Waals surface area contributed by atoms with Crippen LogP contribution in [-0.4, -0.2) is 47.7 Å². The number of anilines is 1. The van der Waals surface area contributed by atoms with E-state index in [-0.39, 0.29) is 18.1 Å². The summed E-state index contributed by atoms with van der Waals surface area (Å²) in [6, 6.07) is 18.3. The minimum atomic E-state index is -0.521. The van der Waals surface area contributed by atoms with Crippen molar-refractivity contribution >= 4 is 39.6 Å². The third-order valence-corrected chi connectivity index (χ3v) is 7.06. The van der Waals surface area contributed by atoms with Gasteiger partial charge in [-0.15, -0.1) is 0 Å². The van der Waals surface area contributed by atoms with E-state index >= 15 is 0 Å². The summed E-state index contributed by atoms with van der Waals surface area (Å²) in [7, 11) is 0. The van der Waals surface area contributed by atoms with Crippen molar-refractivity contribution in [2.45, 2.75) is 25.8 Å². The molecule has 7 nitrogen and oxygen atoms in total. The van der Waals surface area contributed by atoms with E-state index in [0.29, 0.717) is 27.2 Å². The Hall–Kier alpha value is -3.40. The molecule has 9 heteroatoms. The quantitative estimate of drug-likeness (QED) is 0.239. The van der Waals surface area contributed by atoms with Crippen molar-refractivity contribution in [3.05, 3.63) is 99.3 Å². The average Bonchev–Trinajstić information content (AvgIpc) is 2.91. The summed E-state index contributed by atoms with van der Waals surface area (Å²) in [6.07, 6.45) is 4.41. The number of hydrogen-bond donors (Lipinski definition) is 3. The number of benzene rings is 3. The topological polar surface area (TPSA) is 94.0 Å². The van der Waals surface area contributed by atoms with Gasteiger partial charge in [-0.05, 0) is 91.9 Å². The summed E-state index contributed by atoms with van der Waals surface area (Å²) in [6.45, 7) is 3.09. The van der Waals surface area contributed by atoms with Crippen LogP contribution in [0, 0.1) is 11.7 Å². The van der Waals surface area contributed by atoms with Gasteiger partial charge in [-0.1, -0.05) is 40.2 Å². The second-order valence-electron chi connectivity index (χ2n) is 9.33. The minimum absolute atomic E-state index is 0.227. The largest absolute Gasteiger partial charge is 0.396 e. The highest BCUT2D eigenvalue weighted by Crippen LogP contribution is 2.23. The summed E-state index contributed by atoms with van der Waals surface area (Å²) in [4.78, 5) is 28.1. The number of halogens is 2. The molecule has 0 radical (unpaired) electrons. The molecule has 0 saturated carbocycles. The molecule has 1 saturated heterocycles. The van der Waals surface area contributed by atoms with Gasteiger partial charge in [0.2, 0.25) is 0 Å². The van der Waals surface area contributed by atoms with Crippen LogP contribution < -0.4 is 10.7 Å². The molecule has 3 aromatic carbocycles. The molecule has 3 aromatic rings. The smallest absolute Gasteiger partial charge is 0.273 e. The maximum atomic E-state index is 13.3. The summed E-state index contributed by atoms with van der Waals surface area (Å²) in [5, 5.41) is 15.9. The van der Waals surface area contributed by atoms with Crippen molar-refractivity contribution in [2.24, 2.45) is 11.0 Å². The first kappa shape index (κ1) is 27.6. The number of hydrogen-bond acceptors (Lipinski definition) is 5. The van der Waals surface area contributed by atoms with Crippen LogP contribution in [0.4, 0.5) is 10.1 Å². The number of amides is 2. The number of nitrogens with one attached hydrogen (secondary N) is 2. The molecule has 0 bridgehead atoms. The zero-order chi connectivity index (χ0) is 26.9. The lowest BCUT2D eigenvalue weighted by Gasteiger charge is -2.31. The van der Waals surface area contributed by atoms with E-state index in [2.05, 4.69) is 36.7 Å². The van der Waals surface area contributed by atoms with Gasteiger partial charge in [-0.25, -0.2) is 9.82 Å². The molecule has 1 aliphatic rings. The number of rotatable bonds is 9. The van der Waals surface area contributed by atoms with Gasteiger partial charge in [0.25, 0.3) is 11.8 Å². The predicted molar refractivity (Wildman–Crippen MR) is 150 cm³/mol. The Morgan fingerprint density at radius 3 is 2.53 bits per heavy atom. The van der Waals surface area contributed by atoms with Crippen LogP contribution in [0.25, 0.3) is 0 Å². The summed E-state index contributed by atoms with van der Waals surface area (Å²) in [5.41, 5.74) is 5.10. The highest BCUT2D eigenvalue weighted by molar-refractivity contribution is 9.10. The number of likely N-dealkylation sites (tertiary alicyclic amines) is 1. The zero-order valence-electron chi connectivity index (χ0n) is 20.9. The van der Waals surface area contributed by atoms with Crippen molar-refractivity contribution in [3.8, 4) is 0 Å². The Morgan fingerprint density at radius 1 is 1.05 bits per heavy atom. The molecule has 0 unspecified atom stereocenters. The van der Waals surface area contributed by atoms with E-state index in [1.165, 1.54) is 18.3 Å². The van der Waals surface area contributed by atoms with Crippen molar-refractivity contribution in [3.63, 3.8) is 0 Å². The monoisotopic (exact) mass is 580 g/mol. The summed E-state index contributed by atoms with van der Waals surface area (Å²) < 4.78 is 14.0. The van der Waals surface area contributed by atoms with Gasteiger partial charge in [-0.3, -0.25) is 14.5 Å². The molecule has 0 spiro atoms. The first-order valence-corrected chi connectivity index (χ1v) is 13.3. The van der Waals surface area contributed by atoms with Gasteiger partial charge in [0.15, 0.2) is 0 Å². The normalized spacial score (nSPS) is 14.5. The van der Waals surface area contributed by atoms with E-state index in [4.69, 9.17) is 5.11 Å². The second-order valence-corrected chi connectivity index (χ2v) is 10.2. The molecule has 198 valence electrons. The fourth-order valence-electron chi connectivity index (χ4n) is 4.46. The number of carbonyl (C=O) groups is 2. The summed E-state index contributed by atoms with van der Waals surface area (Å²) >= 11 is 3.36. The first-order chi connectivity index (χ1) is 18.4. The molecule has 4 rings (SSSR count). The number of aliphatic hydroxyl groups excluding tert-OH is 1. The Morgan fingerprint density at radius 2 is 1.82 bits per heavy atom. The standard InChI is InChI=1S/C29H30BrFN4O3/c30-24-8-9-27(26(17-24)29(38)34-32-18-22-2-1-3-25(31)16-22)33-28(37)23-6-4-21(5-7-23)19-35-13-10-20(11-14-35)12-15-36/h1-9,16-18,20,36H,10-15,19H2,(H,33,37)(H,34,38). The highest BCUT2D eigenvalue weighted by Gasteiger charge is 2.19. The van der Waals surface area contributed by atoms with E-state index in [0.717, 1.165) is 44.5 Å². The van der Waals surface area contributed by atoms with E-state index in [1.807, 2.05) is 12.1 Å². The van der Waals surface area contributed by atoms with Gasteiger partial charge in [0, 0.05) is 23.2 Å². The summed E-state index contributed by atoms with van der Waals surface area (Å²) in [5.74, 6) is -0.648. The average molecular weight is 581 g/mol. The maximum Gasteiger partial charge on any atom is 0.273 e. The van der Waals surface area contributed by atoms with Crippen molar-refractivity contribution in [2.75, 3.05) is 25.0 Å². The molecule has 0 aromatic heterocycles. The molecule has 0 aliphatic carbocycles. The van der Waals surface area contributed by atoms with E-state index in [1.54, 1.807) is 42.5 Å². The molecular weight excluding hydrogens is 551 g/mol. The van der Waals surface area contributed by atoms with Crippen LogP contribution in [0.1, 0.15) is 51.1 Å². The second kappa shape index (κ2) is 13.4. The number of nitrogens with zero attached hydrogens (tertiary/aromatic N) is 2. The Kier molecular flexibility index (Phi) is 9.75. The molecular formula is C29H30BrFN4O3. The first-order valence-electron chi connectivity index (χ1n) is 12.5. The van der Waals surface area contributed by atoms with Crippen LogP contribution >= 0.6 is 15.9 Å². The van der Waals surface area contributed by atoms with Gasteiger partial charge in [-0.2, -0.15) is 5.10 Å². The molecule has 1 aliphatic heterocycles. The number of hydrazone groups is 1. The fraction of sp³-hybridized carbons (Fsp3) is 0.276. The SMILES string of the molecule is O=C(Nc1ccc(Br)cc1C(=O)NN=Cc1cccc(F)c1)c1ccc(CN2CCC(CCO)CC2)cc1.